The van der Waals surface area contributed by atoms with E-state index in [4.69, 9.17) is 0 Å². The van der Waals surface area contributed by atoms with E-state index in [2.05, 4.69) is 30.4 Å². The van der Waals surface area contributed by atoms with Gasteiger partial charge in [-0.05, 0) is 36.8 Å². The van der Waals surface area contributed by atoms with Crippen LogP contribution in [0.3, 0.4) is 0 Å². The number of nitrogens with zero attached hydrogens (tertiary/aromatic N) is 2. The minimum atomic E-state index is 0.0317. The van der Waals surface area contributed by atoms with E-state index in [-0.39, 0.29) is 30.3 Å². The van der Waals surface area contributed by atoms with Crippen LogP contribution in [0.4, 0.5) is 0 Å². The summed E-state index contributed by atoms with van der Waals surface area (Å²) in [5.74, 6) is 0.305. The lowest BCUT2D eigenvalue weighted by Crippen LogP contribution is -2.56. The third-order valence-corrected chi connectivity index (χ3v) is 5.38. The number of benzene rings is 1. The van der Waals surface area contributed by atoms with Crippen molar-refractivity contribution < 1.29 is 9.59 Å². The Morgan fingerprint density at radius 3 is 2.87 bits per heavy atom. The number of allylic oxidation sites excluding steroid dienone is 2. The molecule has 4 heteroatoms. The van der Waals surface area contributed by atoms with Gasteiger partial charge < -0.3 is 9.80 Å². The van der Waals surface area contributed by atoms with Crippen LogP contribution in [0.25, 0.3) is 0 Å². The third kappa shape index (κ3) is 2.56. The fourth-order valence-electron chi connectivity index (χ4n) is 4.12. The number of carbonyl (C=O) groups excluding carboxylic acids is 2. The van der Waals surface area contributed by atoms with Crippen LogP contribution in [0, 0.1) is 5.92 Å². The quantitative estimate of drug-likeness (QED) is 0.747. The molecule has 120 valence electrons. The van der Waals surface area contributed by atoms with E-state index >= 15 is 0 Å². The Hall–Kier alpha value is -2.10. The van der Waals surface area contributed by atoms with Gasteiger partial charge in [0, 0.05) is 19.0 Å². The molecule has 0 radical (unpaired) electrons. The molecule has 1 aromatic rings. The van der Waals surface area contributed by atoms with E-state index in [1.165, 1.54) is 11.1 Å². The third-order valence-electron chi connectivity index (χ3n) is 5.38. The van der Waals surface area contributed by atoms with Crippen molar-refractivity contribution in [2.24, 2.45) is 5.92 Å². The van der Waals surface area contributed by atoms with Crippen LogP contribution in [0.1, 0.15) is 36.4 Å². The summed E-state index contributed by atoms with van der Waals surface area (Å²) >= 11 is 0. The number of hydrogen-bond donors (Lipinski definition) is 0. The van der Waals surface area contributed by atoms with Gasteiger partial charge in [-0.3, -0.25) is 9.59 Å². The van der Waals surface area contributed by atoms with Crippen molar-refractivity contribution in [2.75, 3.05) is 19.6 Å². The molecule has 1 aromatic carbocycles. The summed E-state index contributed by atoms with van der Waals surface area (Å²) in [6, 6.07) is 8.36. The molecule has 0 N–H and O–H groups in total. The second kappa shape index (κ2) is 5.84. The number of amides is 2. The van der Waals surface area contributed by atoms with Crippen molar-refractivity contribution >= 4 is 11.8 Å². The molecule has 2 amide bonds. The van der Waals surface area contributed by atoms with E-state index in [0.717, 1.165) is 32.2 Å². The van der Waals surface area contributed by atoms with Gasteiger partial charge in [-0.25, -0.2) is 0 Å². The molecule has 3 aliphatic rings. The number of hydrogen-bond acceptors (Lipinski definition) is 2. The topological polar surface area (TPSA) is 40.6 Å². The molecular weight excluding hydrogens is 288 g/mol. The molecule has 2 heterocycles. The van der Waals surface area contributed by atoms with Crippen LogP contribution in [-0.2, 0) is 16.0 Å². The fraction of sp³-hybridized carbons (Fsp3) is 0.474. The van der Waals surface area contributed by atoms with Gasteiger partial charge in [0.1, 0.15) is 0 Å². The maximum absolute atomic E-state index is 12.8. The zero-order valence-corrected chi connectivity index (χ0v) is 13.3. The SMILES string of the molecule is O=C(C1CC=CCC1)N1CC(=O)N2CCc3ccccc3C2C1. The van der Waals surface area contributed by atoms with E-state index in [0.29, 0.717) is 6.54 Å². The summed E-state index contributed by atoms with van der Waals surface area (Å²) in [6.45, 7) is 1.66. The second-order valence-corrected chi connectivity index (χ2v) is 6.75. The highest BCUT2D eigenvalue weighted by Crippen LogP contribution is 2.34. The van der Waals surface area contributed by atoms with E-state index < -0.39 is 0 Å². The molecule has 4 rings (SSSR count). The molecule has 1 fully saturated rings. The first-order valence-electron chi connectivity index (χ1n) is 8.55. The Bertz CT molecular complexity index is 667. The van der Waals surface area contributed by atoms with Gasteiger partial charge >= 0.3 is 0 Å². The summed E-state index contributed by atoms with van der Waals surface area (Å²) in [4.78, 5) is 29.1. The smallest absolute Gasteiger partial charge is 0.242 e. The van der Waals surface area contributed by atoms with Crippen LogP contribution in [0.5, 0.6) is 0 Å². The van der Waals surface area contributed by atoms with Crippen LogP contribution in [0.2, 0.25) is 0 Å². The van der Waals surface area contributed by atoms with Crippen molar-refractivity contribution in [3.8, 4) is 0 Å². The normalized spacial score (nSPS) is 26.7. The molecule has 2 atom stereocenters. The standard InChI is InChI=1S/C19H22N2O2/c22-18-13-20(19(23)15-7-2-1-3-8-15)12-17-16-9-5-4-6-14(16)10-11-21(17)18/h1-2,4-6,9,15,17H,3,7-8,10-13H2. The average Bonchev–Trinajstić information content (AvgIpc) is 2.61. The maximum Gasteiger partial charge on any atom is 0.242 e. The van der Waals surface area contributed by atoms with Crippen LogP contribution < -0.4 is 0 Å². The predicted molar refractivity (Wildman–Crippen MR) is 87.7 cm³/mol. The first-order chi connectivity index (χ1) is 11.2. The van der Waals surface area contributed by atoms with Crippen molar-refractivity contribution in [1.82, 2.24) is 9.80 Å². The van der Waals surface area contributed by atoms with E-state index in [1.807, 2.05) is 11.0 Å². The zero-order chi connectivity index (χ0) is 15.8. The van der Waals surface area contributed by atoms with Crippen molar-refractivity contribution in [1.29, 1.82) is 0 Å². The van der Waals surface area contributed by atoms with E-state index in [9.17, 15) is 9.59 Å². The first kappa shape index (κ1) is 14.5. The lowest BCUT2D eigenvalue weighted by molar-refractivity contribution is -0.151. The molecule has 0 spiro atoms. The van der Waals surface area contributed by atoms with Crippen molar-refractivity contribution in [3.63, 3.8) is 0 Å². The molecule has 1 aliphatic carbocycles. The molecule has 23 heavy (non-hydrogen) atoms. The summed E-state index contributed by atoms with van der Waals surface area (Å²) in [5.41, 5.74) is 2.53. The Labute approximate surface area is 136 Å². The van der Waals surface area contributed by atoms with Crippen LogP contribution in [-0.4, -0.2) is 41.2 Å². The highest BCUT2D eigenvalue weighted by atomic mass is 16.2. The lowest BCUT2D eigenvalue weighted by atomic mass is 9.89. The Kier molecular flexibility index (Phi) is 3.68. The molecule has 0 aromatic heterocycles. The average molecular weight is 310 g/mol. The van der Waals surface area contributed by atoms with Crippen LogP contribution >= 0.6 is 0 Å². The predicted octanol–water partition coefficient (Wildman–Crippen LogP) is 2.31. The number of carbonyl (C=O) groups is 2. The Morgan fingerprint density at radius 2 is 2.04 bits per heavy atom. The monoisotopic (exact) mass is 310 g/mol. The summed E-state index contributed by atoms with van der Waals surface area (Å²) < 4.78 is 0. The molecule has 2 unspecified atom stereocenters. The summed E-state index contributed by atoms with van der Waals surface area (Å²) in [6.07, 6.45) is 7.85. The van der Waals surface area contributed by atoms with Gasteiger partial charge in [0.05, 0.1) is 12.6 Å². The molecule has 2 aliphatic heterocycles. The van der Waals surface area contributed by atoms with Crippen molar-refractivity contribution in [3.05, 3.63) is 47.5 Å². The zero-order valence-electron chi connectivity index (χ0n) is 13.3. The molecule has 1 saturated heterocycles. The number of rotatable bonds is 1. The van der Waals surface area contributed by atoms with Crippen molar-refractivity contribution in [2.45, 2.75) is 31.7 Å². The molecule has 0 saturated carbocycles. The minimum Gasteiger partial charge on any atom is -0.332 e. The maximum atomic E-state index is 12.8. The van der Waals surface area contributed by atoms with Gasteiger partial charge in [-0.1, -0.05) is 36.4 Å². The highest BCUT2D eigenvalue weighted by molar-refractivity contribution is 5.88. The van der Waals surface area contributed by atoms with Gasteiger partial charge in [0.25, 0.3) is 0 Å². The van der Waals surface area contributed by atoms with Crippen LogP contribution in [0.15, 0.2) is 36.4 Å². The van der Waals surface area contributed by atoms with E-state index in [1.54, 1.807) is 4.90 Å². The van der Waals surface area contributed by atoms with Gasteiger partial charge in [0.15, 0.2) is 0 Å². The first-order valence-corrected chi connectivity index (χ1v) is 8.55. The number of piperazine rings is 1. The molecular formula is C19H22N2O2. The minimum absolute atomic E-state index is 0.0317. The van der Waals surface area contributed by atoms with Gasteiger partial charge in [-0.2, -0.15) is 0 Å². The Morgan fingerprint density at radius 1 is 1.17 bits per heavy atom. The largest absolute Gasteiger partial charge is 0.332 e. The fourth-order valence-corrected chi connectivity index (χ4v) is 4.12. The lowest BCUT2D eigenvalue weighted by Gasteiger charge is -2.45. The highest BCUT2D eigenvalue weighted by Gasteiger charge is 2.39. The Balaban J connectivity index is 1.58. The number of fused-ring (bicyclic) bond motifs is 3. The van der Waals surface area contributed by atoms with Gasteiger partial charge in [-0.15, -0.1) is 0 Å². The molecule has 4 nitrogen and oxygen atoms in total. The van der Waals surface area contributed by atoms with Gasteiger partial charge in [0.2, 0.25) is 11.8 Å². The molecule has 0 bridgehead atoms. The summed E-state index contributed by atoms with van der Waals surface area (Å²) in [5, 5.41) is 0. The second-order valence-electron chi connectivity index (χ2n) is 6.75. The summed E-state index contributed by atoms with van der Waals surface area (Å²) in [7, 11) is 0.